The van der Waals surface area contributed by atoms with Gasteiger partial charge >= 0.3 is 0 Å². The van der Waals surface area contributed by atoms with Gasteiger partial charge in [0.2, 0.25) is 0 Å². The van der Waals surface area contributed by atoms with Crippen molar-refractivity contribution in [2.45, 2.75) is 6.42 Å². The fraction of sp³-hybridized carbons (Fsp3) is 0.167. The molecule has 0 unspecified atom stereocenters. The molecule has 0 saturated heterocycles. The predicted octanol–water partition coefficient (Wildman–Crippen LogP) is 1.51. The number of nitrogens with zero attached hydrogens (tertiary/aromatic N) is 2. The number of rotatable bonds is 5. The number of hydrogen-bond donors (Lipinski definition) is 3. The summed E-state index contributed by atoms with van der Waals surface area (Å²) in [6.07, 6.45) is 0.569. The standard InChI is InChI=1S/C12H12N4O4S/c13-4-3-11-14-9(6-21-11)12(18)15-8-5-7(16(19)20)1-2-10(8)17/h1-2,5-6,17H,3-4,13H2,(H,15,18). The van der Waals surface area contributed by atoms with Crippen molar-refractivity contribution in [1.29, 1.82) is 0 Å². The number of nitro benzene ring substituents is 1. The molecule has 1 aromatic carbocycles. The number of nitro groups is 1. The normalized spacial score (nSPS) is 10.3. The third-order valence-corrected chi connectivity index (χ3v) is 3.49. The second-order valence-electron chi connectivity index (χ2n) is 4.08. The molecule has 8 nitrogen and oxygen atoms in total. The summed E-state index contributed by atoms with van der Waals surface area (Å²) in [4.78, 5) is 26.2. The van der Waals surface area contributed by atoms with Gasteiger partial charge in [-0.05, 0) is 12.6 Å². The molecule has 2 rings (SSSR count). The Labute approximate surface area is 123 Å². The molecule has 0 radical (unpaired) electrons. The molecule has 4 N–H and O–H groups in total. The molecule has 0 bridgehead atoms. The number of non-ortho nitro benzene ring substituents is 1. The molecule has 1 aromatic heterocycles. The molecular weight excluding hydrogens is 296 g/mol. The van der Waals surface area contributed by atoms with Crippen molar-refractivity contribution in [3.05, 3.63) is 44.4 Å². The van der Waals surface area contributed by atoms with Gasteiger partial charge in [-0.25, -0.2) is 4.98 Å². The quantitative estimate of drug-likeness (QED) is 0.436. The van der Waals surface area contributed by atoms with E-state index in [-0.39, 0.29) is 22.8 Å². The van der Waals surface area contributed by atoms with Crippen molar-refractivity contribution in [2.75, 3.05) is 11.9 Å². The summed E-state index contributed by atoms with van der Waals surface area (Å²) in [6, 6.07) is 3.38. The Bertz CT molecular complexity index is 686. The predicted molar refractivity (Wildman–Crippen MR) is 77.6 cm³/mol. The van der Waals surface area contributed by atoms with E-state index in [4.69, 9.17) is 5.73 Å². The van der Waals surface area contributed by atoms with Gasteiger partial charge in [-0.2, -0.15) is 0 Å². The van der Waals surface area contributed by atoms with Crippen molar-refractivity contribution in [1.82, 2.24) is 4.98 Å². The maximum Gasteiger partial charge on any atom is 0.275 e. The zero-order chi connectivity index (χ0) is 15.4. The lowest BCUT2D eigenvalue weighted by Gasteiger charge is -2.05. The first-order valence-electron chi connectivity index (χ1n) is 5.94. The van der Waals surface area contributed by atoms with E-state index in [2.05, 4.69) is 10.3 Å². The highest BCUT2D eigenvalue weighted by Gasteiger charge is 2.15. The Balaban J connectivity index is 2.18. The van der Waals surface area contributed by atoms with Gasteiger partial charge in [0.25, 0.3) is 11.6 Å². The van der Waals surface area contributed by atoms with Crippen LogP contribution in [0.3, 0.4) is 0 Å². The minimum Gasteiger partial charge on any atom is -0.506 e. The molecule has 0 saturated carbocycles. The zero-order valence-electron chi connectivity index (χ0n) is 10.8. The van der Waals surface area contributed by atoms with Gasteiger partial charge in [-0.1, -0.05) is 0 Å². The average molecular weight is 308 g/mol. The monoisotopic (exact) mass is 308 g/mol. The third-order valence-electron chi connectivity index (χ3n) is 2.58. The molecule has 0 spiro atoms. The van der Waals surface area contributed by atoms with E-state index in [0.717, 1.165) is 23.2 Å². The Morgan fingerprint density at radius 3 is 2.95 bits per heavy atom. The molecule has 9 heteroatoms. The summed E-state index contributed by atoms with van der Waals surface area (Å²) < 4.78 is 0. The van der Waals surface area contributed by atoms with Crippen LogP contribution in [-0.2, 0) is 6.42 Å². The number of anilines is 1. The minimum atomic E-state index is -0.614. The van der Waals surface area contributed by atoms with Gasteiger partial charge in [-0.3, -0.25) is 14.9 Å². The van der Waals surface area contributed by atoms with Gasteiger partial charge in [-0.15, -0.1) is 11.3 Å². The smallest absolute Gasteiger partial charge is 0.275 e. The van der Waals surface area contributed by atoms with Crippen molar-refractivity contribution >= 4 is 28.6 Å². The first-order valence-corrected chi connectivity index (χ1v) is 6.82. The summed E-state index contributed by atoms with van der Waals surface area (Å²) in [5.74, 6) is -0.809. The number of carbonyl (C=O) groups is 1. The van der Waals surface area contributed by atoms with Gasteiger partial charge in [0.15, 0.2) is 0 Å². The summed E-state index contributed by atoms with van der Waals surface area (Å²) in [5.41, 5.74) is 5.31. The van der Waals surface area contributed by atoms with Crippen molar-refractivity contribution in [3.8, 4) is 5.75 Å². The van der Waals surface area contributed by atoms with Crippen LogP contribution in [0.4, 0.5) is 11.4 Å². The van der Waals surface area contributed by atoms with Crippen molar-refractivity contribution < 1.29 is 14.8 Å². The third kappa shape index (κ3) is 3.52. The summed E-state index contributed by atoms with van der Waals surface area (Å²) in [7, 11) is 0. The topological polar surface area (TPSA) is 131 Å². The van der Waals surface area contributed by atoms with Crippen LogP contribution in [-0.4, -0.2) is 27.5 Å². The number of phenolic OH excluding ortho intramolecular Hbond substituents is 1. The van der Waals surface area contributed by atoms with Crippen LogP contribution in [0.5, 0.6) is 5.75 Å². The van der Waals surface area contributed by atoms with E-state index >= 15 is 0 Å². The van der Waals surface area contributed by atoms with Crippen LogP contribution in [0.25, 0.3) is 0 Å². The fourth-order valence-electron chi connectivity index (χ4n) is 1.58. The Morgan fingerprint density at radius 2 is 2.29 bits per heavy atom. The van der Waals surface area contributed by atoms with Gasteiger partial charge in [0, 0.05) is 23.9 Å². The molecule has 21 heavy (non-hydrogen) atoms. The lowest BCUT2D eigenvalue weighted by Crippen LogP contribution is -2.13. The number of hydrogen-bond acceptors (Lipinski definition) is 7. The van der Waals surface area contributed by atoms with Crippen molar-refractivity contribution in [2.24, 2.45) is 5.73 Å². The second kappa shape index (κ2) is 6.29. The van der Waals surface area contributed by atoms with Gasteiger partial charge < -0.3 is 16.2 Å². The van der Waals surface area contributed by atoms with E-state index in [1.165, 1.54) is 11.3 Å². The number of aromatic hydroxyl groups is 1. The van der Waals surface area contributed by atoms with Gasteiger partial charge in [0.1, 0.15) is 11.4 Å². The molecule has 1 amide bonds. The van der Waals surface area contributed by atoms with Crippen LogP contribution in [0, 0.1) is 10.1 Å². The number of nitrogens with two attached hydrogens (primary N) is 1. The average Bonchev–Trinajstić information content (AvgIpc) is 2.90. The summed E-state index contributed by atoms with van der Waals surface area (Å²) in [6.45, 7) is 0.431. The van der Waals surface area contributed by atoms with Crippen LogP contribution in [0.2, 0.25) is 0 Å². The summed E-state index contributed by atoms with van der Waals surface area (Å²) in [5, 5.41) is 25.0. The number of thiazole rings is 1. The van der Waals surface area contributed by atoms with Crippen LogP contribution >= 0.6 is 11.3 Å². The number of carbonyl (C=O) groups excluding carboxylic acids is 1. The Kier molecular flexibility index (Phi) is 4.45. The Morgan fingerprint density at radius 1 is 1.52 bits per heavy atom. The number of amides is 1. The highest BCUT2D eigenvalue weighted by Crippen LogP contribution is 2.28. The van der Waals surface area contributed by atoms with E-state index < -0.39 is 10.8 Å². The Hall–Kier alpha value is -2.52. The number of benzene rings is 1. The van der Waals surface area contributed by atoms with E-state index in [1.54, 1.807) is 5.38 Å². The molecule has 0 aliphatic carbocycles. The number of phenols is 1. The number of nitrogens with one attached hydrogen (secondary N) is 1. The molecule has 1 heterocycles. The van der Waals surface area contributed by atoms with Crippen LogP contribution in [0.1, 0.15) is 15.5 Å². The lowest BCUT2D eigenvalue weighted by molar-refractivity contribution is -0.384. The second-order valence-corrected chi connectivity index (χ2v) is 5.02. The largest absolute Gasteiger partial charge is 0.506 e. The maximum absolute atomic E-state index is 12.0. The molecular formula is C12H12N4O4S. The lowest BCUT2D eigenvalue weighted by atomic mass is 10.2. The van der Waals surface area contributed by atoms with E-state index in [0.29, 0.717) is 13.0 Å². The highest BCUT2D eigenvalue weighted by atomic mass is 32.1. The SMILES string of the molecule is NCCc1nc(C(=O)Nc2cc([N+](=O)[O-])ccc2O)cs1. The zero-order valence-corrected chi connectivity index (χ0v) is 11.6. The highest BCUT2D eigenvalue weighted by molar-refractivity contribution is 7.09. The fourth-order valence-corrected chi connectivity index (χ4v) is 2.37. The molecule has 110 valence electrons. The van der Waals surface area contributed by atoms with Gasteiger partial charge in [0.05, 0.1) is 15.6 Å². The molecule has 0 aliphatic rings. The van der Waals surface area contributed by atoms with E-state index in [1.807, 2.05) is 0 Å². The number of aromatic nitrogens is 1. The first-order chi connectivity index (χ1) is 10.0. The molecule has 0 aliphatic heterocycles. The van der Waals surface area contributed by atoms with E-state index in [9.17, 15) is 20.0 Å². The summed E-state index contributed by atoms with van der Waals surface area (Å²) >= 11 is 1.30. The maximum atomic E-state index is 12.0. The minimum absolute atomic E-state index is 0.0393. The molecule has 0 atom stereocenters. The molecule has 2 aromatic rings. The molecule has 0 fully saturated rings. The first kappa shape index (κ1) is 14.9. The van der Waals surface area contributed by atoms with Crippen LogP contribution < -0.4 is 11.1 Å². The van der Waals surface area contributed by atoms with Crippen LogP contribution in [0.15, 0.2) is 23.6 Å². The van der Waals surface area contributed by atoms with Crippen molar-refractivity contribution in [3.63, 3.8) is 0 Å².